The number of amides is 2. The van der Waals surface area contributed by atoms with E-state index in [0.29, 0.717) is 16.5 Å². The summed E-state index contributed by atoms with van der Waals surface area (Å²) in [5, 5.41) is 14.8. The zero-order valence-corrected chi connectivity index (χ0v) is 13.1. The molecule has 21 heavy (non-hydrogen) atoms. The number of carboxylic acids is 1. The van der Waals surface area contributed by atoms with Gasteiger partial charge in [0.25, 0.3) is 0 Å². The third kappa shape index (κ3) is 4.93. The van der Waals surface area contributed by atoms with Gasteiger partial charge < -0.3 is 15.7 Å². The van der Waals surface area contributed by atoms with Gasteiger partial charge in [0.2, 0.25) is 0 Å². The number of halogens is 1. The average molecular weight is 313 g/mol. The Kier molecular flexibility index (Phi) is 6.49. The van der Waals surface area contributed by atoms with Gasteiger partial charge in [-0.25, -0.2) is 9.59 Å². The number of urea groups is 1. The van der Waals surface area contributed by atoms with Crippen molar-refractivity contribution in [3.63, 3.8) is 0 Å². The van der Waals surface area contributed by atoms with E-state index in [2.05, 4.69) is 10.6 Å². The number of hydrogen-bond acceptors (Lipinski definition) is 2. The van der Waals surface area contributed by atoms with Gasteiger partial charge in [0, 0.05) is 16.6 Å². The monoisotopic (exact) mass is 312 g/mol. The minimum Gasteiger partial charge on any atom is -0.479 e. The Hall–Kier alpha value is -1.75. The molecule has 0 spiro atoms. The first-order chi connectivity index (χ1) is 9.86. The molecule has 0 saturated carbocycles. The molecule has 0 aliphatic rings. The van der Waals surface area contributed by atoms with Crippen molar-refractivity contribution in [1.29, 1.82) is 0 Å². The third-order valence-electron chi connectivity index (χ3n) is 3.59. The van der Waals surface area contributed by atoms with Crippen molar-refractivity contribution in [3.8, 4) is 0 Å². The van der Waals surface area contributed by atoms with E-state index in [1.807, 2.05) is 20.8 Å². The molecule has 116 valence electrons. The SMILES string of the molecule is CCC(C)C(C)NC(=O)N[C@@H](C(=O)O)c1ccccc1Cl. The lowest BCUT2D eigenvalue weighted by Crippen LogP contribution is -2.46. The van der Waals surface area contributed by atoms with E-state index in [1.54, 1.807) is 24.3 Å². The molecule has 0 heterocycles. The second-order valence-corrected chi connectivity index (χ2v) is 5.49. The summed E-state index contributed by atoms with van der Waals surface area (Å²) < 4.78 is 0. The largest absolute Gasteiger partial charge is 0.479 e. The van der Waals surface area contributed by atoms with E-state index >= 15 is 0 Å². The number of carbonyl (C=O) groups excluding carboxylic acids is 1. The van der Waals surface area contributed by atoms with Crippen molar-refractivity contribution in [2.75, 3.05) is 0 Å². The van der Waals surface area contributed by atoms with Gasteiger partial charge in [0.1, 0.15) is 0 Å². The maximum atomic E-state index is 11.9. The first-order valence-corrected chi connectivity index (χ1v) is 7.28. The molecule has 5 nitrogen and oxygen atoms in total. The fourth-order valence-corrected chi connectivity index (χ4v) is 2.10. The summed E-state index contributed by atoms with van der Waals surface area (Å²) in [5.74, 6) is -0.853. The summed E-state index contributed by atoms with van der Waals surface area (Å²) in [4.78, 5) is 23.3. The Morgan fingerprint density at radius 3 is 2.38 bits per heavy atom. The van der Waals surface area contributed by atoms with Crippen molar-refractivity contribution >= 4 is 23.6 Å². The molecular formula is C15H21ClN2O3. The lowest BCUT2D eigenvalue weighted by molar-refractivity contribution is -0.139. The minimum absolute atomic E-state index is 0.0457. The second kappa shape index (κ2) is 7.88. The van der Waals surface area contributed by atoms with Crippen molar-refractivity contribution in [2.24, 2.45) is 5.92 Å². The third-order valence-corrected chi connectivity index (χ3v) is 3.94. The van der Waals surface area contributed by atoms with Gasteiger partial charge in [-0.15, -0.1) is 0 Å². The second-order valence-electron chi connectivity index (χ2n) is 5.08. The highest BCUT2D eigenvalue weighted by atomic mass is 35.5. The molecule has 1 aromatic rings. The molecule has 2 amide bonds. The zero-order valence-electron chi connectivity index (χ0n) is 12.4. The van der Waals surface area contributed by atoms with Gasteiger partial charge in [-0.3, -0.25) is 0 Å². The number of benzene rings is 1. The summed E-state index contributed by atoms with van der Waals surface area (Å²) in [7, 11) is 0. The number of hydrogen-bond donors (Lipinski definition) is 3. The molecule has 0 bridgehead atoms. The fraction of sp³-hybridized carbons (Fsp3) is 0.467. The highest BCUT2D eigenvalue weighted by molar-refractivity contribution is 6.31. The standard InChI is InChI=1S/C15H21ClN2O3/c1-4-9(2)10(3)17-15(21)18-13(14(19)20)11-7-5-6-8-12(11)16/h5-10,13H,4H2,1-3H3,(H,19,20)(H2,17,18,21)/t9?,10?,13-/m1/s1. The molecule has 6 heteroatoms. The van der Waals surface area contributed by atoms with Gasteiger partial charge in [-0.2, -0.15) is 0 Å². The van der Waals surface area contributed by atoms with Crippen molar-refractivity contribution in [1.82, 2.24) is 10.6 Å². The van der Waals surface area contributed by atoms with Gasteiger partial charge in [0.15, 0.2) is 6.04 Å². The van der Waals surface area contributed by atoms with Crippen LogP contribution in [0.3, 0.4) is 0 Å². The number of carbonyl (C=O) groups is 2. The predicted octanol–water partition coefficient (Wildman–Crippen LogP) is 3.20. The molecule has 0 saturated heterocycles. The number of rotatable bonds is 6. The van der Waals surface area contributed by atoms with Crippen LogP contribution in [0.1, 0.15) is 38.8 Å². The molecular weight excluding hydrogens is 292 g/mol. The smallest absolute Gasteiger partial charge is 0.331 e. The van der Waals surface area contributed by atoms with Crippen molar-refractivity contribution in [2.45, 2.75) is 39.3 Å². The maximum absolute atomic E-state index is 11.9. The topological polar surface area (TPSA) is 78.4 Å². The summed E-state index contributed by atoms with van der Waals surface area (Å²) >= 11 is 5.99. The lowest BCUT2D eigenvalue weighted by atomic mass is 10.0. The fourth-order valence-electron chi connectivity index (χ4n) is 1.86. The lowest BCUT2D eigenvalue weighted by Gasteiger charge is -2.22. The quantitative estimate of drug-likeness (QED) is 0.754. The first kappa shape index (κ1) is 17.3. The predicted molar refractivity (Wildman–Crippen MR) is 82.4 cm³/mol. The summed E-state index contributed by atoms with van der Waals surface area (Å²) in [6.45, 7) is 5.94. The van der Waals surface area contributed by atoms with Crippen molar-refractivity contribution < 1.29 is 14.7 Å². The highest BCUT2D eigenvalue weighted by Crippen LogP contribution is 2.22. The van der Waals surface area contributed by atoms with Gasteiger partial charge >= 0.3 is 12.0 Å². The van der Waals surface area contributed by atoms with Crippen LogP contribution in [-0.4, -0.2) is 23.1 Å². The highest BCUT2D eigenvalue weighted by Gasteiger charge is 2.25. The molecule has 3 N–H and O–H groups in total. The van der Waals surface area contributed by atoms with E-state index in [0.717, 1.165) is 6.42 Å². The van der Waals surface area contributed by atoms with E-state index in [9.17, 15) is 14.7 Å². The molecule has 3 atom stereocenters. The Labute approximate surface area is 129 Å². The summed E-state index contributed by atoms with van der Waals surface area (Å²) in [6.07, 6.45) is 0.925. The van der Waals surface area contributed by atoms with Crippen LogP contribution in [0, 0.1) is 5.92 Å². The van der Waals surface area contributed by atoms with Crippen LogP contribution in [0.4, 0.5) is 4.79 Å². The van der Waals surface area contributed by atoms with Crippen LogP contribution in [0.15, 0.2) is 24.3 Å². The molecule has 0 radical (unpaired) electrons. The van der Waals surface area contributed by atoms with Crippen LogP contribution < -0.4 is 10.6 Å². The van der Waals surface area contributed by atoms with Crippen LogP contribution in [0.2, 0.25) is 5.02 Å². The number of nitrogens with one attached hydrogen (secondary N) is 2. The number of aliphatic carboxylic acids is 1. The maximum Gasteiger partial charge on any atom is 0.331 e. The van der Waals surface area contributed by atoms with E-state index in [4.69, 9.17) is 11.6 Å². The molecule has 0 aliphatic carbocycles. The van der Waals surface area contributed by atoms with Crippen LogP contribution >= 0.6 is 11.6 Å². The van der Waals surface area contributed by atoms with Gasteiger partial charge in [0.05, 0.1) is 0 Å². The molecule has 0 fully saturated rings. The zero-order chi connectivity index (χ0) is 16.0. The molecule has 0 aromatic heterocycles. The Balaban J connectivity index is 2.79. The van der Waals surface area contributed by atoms with Gasteiger partial charge in [-0.1, -0.05) is 50.1 Å². The summed E-state index contributed by atoms with van der Waals surface area (Å²) in [6, 6.07) is 4.82. The van der Waals surface area contributed by atoms with E-state index in [-0.39, 0.29) is 6.04 Å². The Morgan fingerprint density at radius 1 is 1.24 bits per heavy atom. The van der Waals surface area contributed by atoms with Crippen LogP contribution in [-0.2, 0) is 4.79 Å². The van der Waals surface area contributed by atoms with Crippen molar-refractivity contribution in [3.05, 3.63) is 34.9 Å². The minimum atomic E-state index is -1.18. The van der Waals surface area contributed by atoms with Gasteiger partial charge in [-0.05, 0) is 18.9 Å². The molecule has 1 rings (SSSR count). The van der Waals surface area contributed by atoms with E-state index < -0.39 is 18.0 Å². The average Bonchev–Trinajstić information content (AvgIpc) is 2.44. The van der Waals surface area contributed by atoms with Crippen LogP contribution in [0.25, 0.3) is 0 Å². The normalized spacial score (nSPS) is 14.9. The Morgan fingerprint density at radius 2 is 1.86 bits per heavy atom. The van der Waals surface area contributed by atoms with E-state index in [1.165, 1.54) is 0 Å². The molecule has 1 aromatic carbocycles. The molecule has 2 unspecified atom stereocenters. The Bertz CT molecular complexity index is 507. The first-order valence-electron chi connectivity index (χ1n) is 6.91. The molecule has 0 aliphatic heterocycles. The number of carboxylic acid groups (broad SMARTS) is 1. The van der Waals surface area contributed by atoms with Crippen LogP contribution in [0.5, 0.6) is 0 Å². The summed E-state index contributed by atoms with van der Waals surface area (Å²) in [5.41, 5.74) is 0.359.